The van der Waals surface area contributed by atoms with Gasteiger partial charge in [-0.05, 0) is 62.7 Å². The molecule has 0 radical (unpaired) electrons. The van der Waals surface area contributed by atoms with Crippen LogP contribution in [0.3, 0.4) is 0 Å². The van der Waals surface area contributed by atoms with Crippen LogP contribution in [-0.4, -0.2) is 40.7 Å². The molecule has 1 N–H and O–H groups in total. The van der Waals surface area contributed by atoms with E-state index in [1.807, 2.05) is 32.9 Å². The molecule has 8 nitrogen and oxygen atoms in total. The molecule has 1 atom stereocenters. The summed E-state index contributed by atoms with van der Waals surface area (Å²) in [6.45, 7) is 6.41. The van der Waals surface area contributed by atoms with Crippen LogP contribution in [0.15, 0.2) is 71.6 Å². The van der Waals surface area contributed by atoms with Crippen LogP contribution in [-0.2, 0) is 14.8 Å². The quantitative estimate of drug-likeness (QED) is 0.463. The second kappa shape index (κ2) is 10.9. The maximum atomic E-state index is 13.7. The highest BCUT2D eigenvalue weighted by molar-refractivity contribution is 7.92. The summed E-state index contributed by atoms with van der Waals surface area (Å²) >= 11 is 0. The van der Waals surface area contributed by atoms with E-state index in [4.69, 9.17) is 14.2 Å². The molecule has 0 unspecified atom stereocenters. The number of nitrogens with zero attached hydrogens (tertiary/aromatic N) is 1. The summed E-state index contributed by atoms with van der Waals surface area (Å²) in [5, 5.41) is 2.91. The predicted molar refractivity (Wildman–Crippen MR) is 137 cm³/mol. The lowest BCUT2D eigenvalue weighted by Crippen LogP contribution is -2.41. The van der Waals surface area contributed by atoms with Crippen LogP contribution in [0, 0.1) is 6.92 Å². The number of carbonyl (C=O) groups is 1. The first-order valence-electron chi connectivity index (χ1n) is 11.8. The molecule has 3 aromatic carbocycles. The number of sulfonamides is 1. The Morgan fingerprint density at radius 3 is 2.44 bits per heavy atom. The van der Waals surface area contributed by atoms with Gasteiger partial charge in [0, 0.05) is 0 Å². The minimum absolute atomic E-state index is 0.0899. The van der Waals surface area contributed by atoms with Crippen LogP contribution in [0.25, 0.3) is 0 Å². The van der Waals surface area contributed by atoms with Crippen molar-refractivity contribution in [3.05, 3.63) is 77.9 Å². The first-order valence-corrected chi connectivity index (χ1v) is 13.2. The summed E-state index contributed by atoms with van der Waals surface area (Å²) in [7, 11) is -4.06. The summed E-state index contributed by atoms with van der Waals surface area (Å²) in [6.07, 6.45) is 0. The Morgan fingerprint density at radius 1 is 1.03 bits per heavy atom. The normalized spacial score (nSPS) is 13.5. The van der Waals surface area contributed by atoms with Crippen molar-refractivity contribution in [3.63, 3.8) is 0 Å². The SMILES string of the molecule is CCOc1ccccc1N(CC(=O)N[C@@H](C)c1ccc2c(c1)OCCO2)S(=O)(=O)c1ccc(C)cc1. The Labute approximate surface area is 211 Å². The summed E-state index contributed by atoms with van der Waals surface area (Å²) in [6, 6.07) is 18.4. The molecule has 0 bridgehead atoms. The maximum Gasteiger partial charge on any atom is 0.264 e. The number of fused-ring (bicyclic) bond motifs is 1. The number of ether oxygens (including phenoxy) is 3. The summed E-state index contributed by atoms with van der Waals surface area (Å²) < 4.78 is 45.4. The maximum absolute atomic E-state index is 13.7. The van der Waals surface area contributed by atoms with Gasteiger partial charge >= 0.3 is 0 Å². The van der Waals surface area contributed by atoms with Gasteiger partial charge in [0.25, 0.3) is 10.0 Å². The van der Waals surface area contributed by atoms with Crippen molar-refractivity contribution in [1.82, 2.24) is 5.32 Å². The molecule has 9 heteroatoms. The molecule has 1 heterocycles. The van der Waals surface area contributed by atoms with Gasteiger partial charge in [0.2, 0.25) is 5.91 Å². The standard InChI is InChI=1S/C27H30N2O6S/c1-4-33-24-8-6-5-7-23(24)29(36(31,32)22-12-9-19(2)10-13-22)18-27(30)28-20(3)21-11-14-25-26(17-21)35-16-15-34-25/h5-14,17,20H,4,15-16,18H2,1-3H3,(H,28,30)/t20-/m0/s1. The van der Waals surface area contributed by atoms with E-state index < -0.39 is 22.5 Å². The first kappa shape index (κ1) is 25.4. The highest BCUT2D eigenvalue weighted by Crippen LogP contribution is 2.34. The number of carbonyl (C=O) groups excluding carboxylic acids is 1. The van der Waals surface area contributed by atoms with Gasteiger partial charge in [-0.15, -0.1) is 0 Å². The minimum atomic E-state index is -4.06. The molecule has 36 heavy (non-hydrogen) atoms. The molecule has 0 saturated heterocycles. The van der Waals surface area contributed by atoms with E-state index in [2.05, 4.69) is 5.32 Å². The third-order valence-corrected chi connectivity index (χ3v) is 7.55. The van der Waals surface area contributed by atoms with Crippen LogP contribution >= 0.6 is 0 Å². The Balaban J connectivity index is 1.61. The molecule has 0 saturated carbocycles. The monoisotopic (exact) mass is 510 g/mol. The Morgan fingerprint density at radius 2 is 1.72 bits per heavy atom. The fourth-order valence-corrected chi connectivity index (χ4v) is 5.34. The molecule has 4 rings (SSSR count). The smallest absolute Gasteiger partial charge is 0.264 e. The lowest BCUT2D eigenvalue weighted by atomic mass is 10.1. The van der Waals surface area contributed by atoms with Crippen LogP contribution in [0.2, 0.25) is 0 Å². The van der Waals surface area contributed by atoms with Crippen LogP contribution in [0.1, 0.15) is 31.0 Å². The van der Waals surface area contributed by atoms with Crippen molar-refractivity contribution >= 4 is 21.6 Å². The number of nitrogens with one attached hydrogen (secondary N) is 1. The minimum Gasteiger partial charge on any atom is -0.492 e. The van der Waals surface area contributed by atoms with Crippen molar-refractivity contribution in [3.8, 4) is 17.2 Å². The highest BCUT2D eigenvalue weighted by Gasteiger charge is 2.30. The highest BCUT2D eigenvalue weighted by atomic mass is 32.2. The van der Waals surface area contributed by atoms with Crippen LogP contribution in [0.5, 0.6) is 17.2 Å². The number of rotatable bonds is 9. The number of anilines is 1. The van der Waals surface area contributed by atoms with E-state index in [0.29, 0.717) is 42.8 Å². The number of aryl methyl sites for hydroxylation is 1. The molecule has 1 aliphatic rings. The molecule has 0 aliphatic carbocycles. The number of para-hydroxylation sites is 2. The molecule has 3 aromatic rings. The van der Waals surface area contributed by atoms with Gasteiger partial charge in [-0.3, -0.25) is 9.10 Å². The molecule has 0 aromatic heterocycles. The van der Waals surface area contributed by atoms with Gasteiger partial charge in [0.05, 0.1) is 23.2 Å². The van der Waals surface area contributed by atoms with E-state index in [9.17, 15) is 13.2 Å². The van der Waals surface area contributed by atoms with Crippen molar-refractivity contribution in [2.24, 2.45) is 0 Å². The second-order valence-electron chi connectivity index (χ2n) is 8.42. The van der Waals surface area contributed by atoms with Crippen LogP contribution < -0.4 is 23.8 Å². The van der Waals surface area contributed by atoms with E-state index in [0.717, 1.165) is 15.4 Å². The average molecular weight is 511 g/mol. The third kappa shape index (κ3) is 5.57. The third-order valence-electron chi connectivity index (χ3n) is 5.77. The number of benzene rings is 3. The van der Waals surface area contributed by atoms with E-state index in [1.165, 1.54) is 12.1 Å². The molecular formula is C27H30N2O6S. The largest absolute Gasteiger partial charge is 0.492 e. The zero-order chi connectivity index (χ0) is 25.7. The Bertz CT molecular complexity index is 1320. The van der Waals surface area contributed by atoms with Crippen molar-refractivity contribution < 1.29 is 27.4 Å². The lowest BCUT2D eigenvalue weighted by molar-refractivity contribution is -0.120. The molecule has 1 amide bonds. The topological polar surface area (TPSA) is 94.2 Å². The van der Waals surface area contributed by atoms with Crippen LogP contribution in [0.4, 0.5) is 5.69 Å². The summed E-state index contributed by atoms with van der Waals surface area (Å²) in [5.74, 6) is 1.20. The van der Waals surface area contributed by atoms with Crippen molar-refractivity contribution in [1.29, 1.82) is 0 Å². The van der Waals surface area contributed by atoms with Gasteiger partial charge in [-0.25, -0.2) is 8.42 Å². The molecule has 0 spiro atoms. The van der Waals surface area contributed by atoms with Crippen molar-refractivity contribution in [2.75, 3.05) is 30.7 Å². The summed E-state index contributed by atoms with van der Waals surface area (Å²) in [5.41, 5.74) is 2.04. The molecule has 190 valence electrons. The number of amides is 1. The van der Waals surface area contributed by atoms with Gasteiger partial charge in [-0.1, -0.05) is 35.9 Å². The fourth-order valence-electron chi connectivity index (χ4n) is 3.91. The van der Waals surface area contributed by atoms with E-state index >= 15 is 0 Å². The molecular weight excluding hydrogens is 480 g/mol. The van der Waals surface area contributed by atoms with Gasteiger partial charge < -0.3 is 19.5 Å². The fraction of sp³-hybridized carbons (Fsp3) is 0.296. The predicted octanol–water partition coefficient (Wildman–Crippen LogP) is 4.24. The zero-order valence-corrected chi connectivity index (χ0v) is 21.4. The number of hydrogen-bond donors (Lipinski definition) is 1. The molecule has 0 fully saturated rings. The van der Waals surface area contributed by atoms with Gasteiger partial charge in [-0.2, -0.15) is 0 Å². The zero-order valence-electron chi connectivity index (χ0n) is 20.6. The average Bonchev–Trinajstić information content (AvgIpc) is 2.88. The summed E-state index contributed by atoms with van der Waals surface area (Å²) in [4.78, 5) is 13.3. The van der Waals surface area contributed by atoms with E-state index in [1.54, 1.807) is 42.5 Å². The first-order chi connectivity index (χ1) is 17.3. The van der Waals surface area contributed by atoms with E-state index in [-0.39, 0.29) is 10.9 Å². The Hall–Kier alpha value is -3.72. The van der Waals surface area contributed by atoms with Crippen molar-refractivity contribution in [2.45, 2.75) is 31.7 Å². The van der Waals surface area contributed by atoms with Gasteiger partial charge in [0.1, 0.15) is 25.5 Å². The lowest BCUT2D eigenvalue weighted by Gasteiger charge is -2.27. The Kier molecular flexibility index (Phi) is 7.69. The second-order valence-corrected chi connectivity index (χ2v) is 10.3. The van der Waals surface area contributed by atoms with Gasteiger partial charge in [0.15, 0.2) is 11.5 Å². The molecule has 1 aliphatic heterocycles. The number of hydrogen-bond acceptors (Lipinski definition) is 6.